The third-order valence-electron chi connectivity index (χ3n) is 3.49. The normalized spacial score (nSPS) is 10.4. The molecule has 0 saturated heterocycles. The second-order valence-corrected chi connectivity index (χ2v) is 5.23. The highest BCUT2D eigenvalue weighted by Crippen LogP contribution is 2.23. The van der Waals surface area contributed by atoms with Gasteiger partial charge in [-0.1, -0.05) is 29.8 Å². The first-order valence-corrected chi connectivity index (χ1v) is 6.75. The van der Waals surface area contributed by atoms with E-state index in [1.165, 1.54) is 5.56 Å². The van der Waals surface area contributed by atoms with Crippen molar-refractivity contribution in [1.82, 2.24) is 0 Å². The number of methoxy groups -OCH3 is 1. The maximum atomic E-state index is 12.5. The summed E-state index contributed by atoms with van der Waals surface area (Å²) in [4.78, 5) is 12.5. The second kappa shape index (κ2) is 5.91. The molecule has 2 nitrogen and oxygen atoms in total. The molecule has 0 spiro atoms. The summed E-state index contributed by atoms with van der Waals surface area (Å²) in [6.07, 6.45) is 0.439. The van der Waals surface area contributed by atoms with Crippen molar-refractivity contribution in [3.63, 3.8) is 0 Å². The van der Waals surface area contributed by atoms with Gasteiger partial charge >= 0.3 is 0 Å². The maximum Gasteiger partial charge on any atom is 0.167 e. The Balaban J connectivity index is 2.28. The van der Waals surface area contributed by atoms with Gasteiger partial charge in [-0.05, 0) is 49.6 Å². The van der Waals surface area contributed by atoms with E-state index in [1.54, 1.807) is 7.11 Å². The predicted octanol–water partition coefficient (Wildman–Crippen LogP) is 4.05. The lowest BCUT2D eigenvalue weighted by molar-refractivity contribution is 0.0992. The van der Waals surface area contributed by atoms with Gasteiger partial charge < -0.3 is 4.74 Å². The van der Waals surface area contributed by atoms with Crippen LogP contribution in [0.3, 0.4) is 0 Å². The number of aryl methyl sites for hydroxylation is 3. The first kappa shape index (κ1) is 14.3. The molecule has 0 N–H and O–H groups in total. The van der Waals surface area contributed by atoms with E-state index >= 15 is 0 Å². The maximum absolute atomic E-state index is 12.5. The van der Waals surface area contributed by atoms with E-state index in [1.807, 2.05) is 51.1 Å². The minimum Gasteiger partial charge on any atom is -0.496 e. The van der Waals surface area contributed by atoms with Crippen molar-refractivity contribution in [3.8, 4) is 5.75 Å². The van der Waals surface area contributed by atoms with Crippen LogP contribution in [0.15, 0.2) is 36.4 Å². The van der Waals surface area contributed by atoms with Crippen LogP contribution in [-0.4, -0.2) is 12.9 Å². The van der Waals surface area contributed by atoms with Gasteiger partial charge in [0.1, 0.15) is 5.75 Å². The minimum atomic E-state index is 0.152. The second-order valence-electron chi connectivity index (χ2n) is 5.23. The molecule has 0 heterocycles. The van der Waals surface area contributed by atoms with Crippen LogP contribution in [0.4, 0.5) is 0 Å². The van der Waals surface area contributed by atoms with Gasteiger partial charge in [-0.25, -0.2) is 0 Å². The van der Waals surface area contributed by atoms with Crippen molar-refractivity contribution in [3.05, 3.63) is 64.2 Å². The topological polar surface area (TPSA) is 26.3 Å². The van der Waals surface area contributed by atoms with Gasteiger partial charge in [0, 0.05) is 12.0 Å². The van der Waals surface area contributed by atoms with E-state index in [0.29, 0.717) is 6.42 Å². The quantitative estimate of drug-likeness (QED) is 0.782. The molecule has 104 valence electrons. The first-order chi connectivity index (χ1) is 9.51. The molecular formula is C18H20O2. The summed E-state index contributed by atoms with van der Waals surface area (Å²) in [6.45, 7) is 5.95. The molecule has 0 aliphatic heterocycles. The number of benzene rings is 2. The Morgan fingerprint density at radius 3 is 2.45 bits per heavy atom. The number of hydrogen-bond donors (Lipinski definition) is 0. The van der Waals surface area contributed by atoms with Crippen LogP contribution < -0.4 is 4.74 Å². The molecule has 0 bridgehead atoms. The van der Waals surface area contributed by atoms with E-state index in [-0.39, 0.29) is 5.78 Å². The average molecular weight is 268 g/mol. The van der Waals surface area contributed by atoms with Crippen molar-refractivity contribution < 1.29 is 9.53 Å². The van der Waals surface area contributed by atoms with E-state index in [9.17, 15) is 4.79 Å². The van der Waals surface area contributed by atoms with Gasteiger partial charge in [0.15, 0.2) is 5.78 Å². The van der Waals surface area contributed by atoms with Gasteiger partial charge in [-0.2, -0.15) is 0 Å². The highest BCUT2D eigenvalue weighted by molar-refractivity contribution is 5.99. The lowest BCUT2D eigenvalue weighted by atomic mass is 9.96. The molecule has 0 saturated carbocycles. The van der Waals surface area contributed by atoms with Gasteiger partial charge in [-0.15, -0.1) is 0 Å². The Labute approximate surface area is 120 Å². The fraction of sp³-hybridized carbons (Fsp3) is 0.278. The number of carbonyl (C=O) groups is 1. The van der Waals surface area contributed by atoms with Gasteiger partial charge in [0.25, 0.3) is 0 Å². The number of Topliss-reactive ketones (excluding diaryl/α,β-unsaturated/α-hetero) is 1. The van der Waals surface area contributed by atoms with E-state index in [0.717, 1.165) is 28.0 Å². The number of ketones is 1. The molecule has 0 radical (unpaired) electrons. The molecule has 2 aromatic carbocycles. The third kappa shape index (κ3) is 3.08. The van der Waals surface area contributed by atoms with Crippen LogP contribution in [0.5, 0.6) is 5.75 Å². The summed E-state index contributed by atoms with van der Waals surface area (Å²) in [6, 6.07) is 11.9. The van der Waals surface area contributed by atoms with E-state index < -0.39 is 0 Å². The molecule has 0 unspecified atom stereocenters. The summed E-state index contributed by atoms with van der Waals surface area (Å²) in [5, 5.41) is 0. The number of carbonyl (C=O) groups excluding carboxylic acids is 1. The largest absolute Gasteiger partial charge is 0.496 e. The third-order valence-corrected chi connectivity index (χ3v) is 3.49. The van der Waals surface area contributed by atoms with Crippen LogP contribution in [0, 0.1) is 20.8 Å². The zero-order valence-corrected chi connectivity index (χ0v) is 12.5. The van der Waals surface area contributed by atoms with Crippen molar-refractivity contribution in [2.24, 2.45) is 0 Å². The van der Waals surface area contributed by atoms with Gasteiger partial charge in [0.2, 0.25) is 0 Å². The fourth-order valence-corrected chi connectivity index (χ4v) is 2.41. The molecule has 0 fully saturated rings. The Hall–Kier alpha value is -2.09. The number of ether oxygens (including phenoxy) is 1. The first-order valence-electron chi connectivity index (χ1n) is 6.75. The van der Waals surface area contributed by atoms with E-state index in [4.69, 9.17) is 4.74 Å². The molecule has 0 amide bonds. The highest BCUT2D eigenvalue weighted by atomic mass is 16.5. The molecule has 0 aliphatic carbocycles. The van der Waals surface area contributed by atoms with Crippen molar-refractivity contribution in [1.29, 1.82) is 0 Å². The average Bonchev–Trinajstić information content (AvgIpc) is 2.40. The zero-order valence-electron chi connectivity index (χ0n) is 12.5. The highest BCUT2D eigenvalue weighted by Gasteiger charge is 2.12. The molecule has 0 aliphatic rings. The smallest absolute Gasteiger partial charge is 0.167 e. The van der Waals surface area contributed by atoms with Crippen LogP contribution in [0.2, 0.25) is 0 Å². The van der Waals surface area contributed by atoms with Crippen molar-refractivity contribution in [2.45, 2.75) is 27.2 Å². The van der Waals surface area contributed by atoms with Crippen molar-refractivity contribution >= 4 is 5.78 Å². The summed E-state index contributed by atoms with van der Waals surface area (Å²) in [5.74, 6) is 0.980. The zero-order chi connectivity index (χ0) is 14.7. The SMILES string of the molecule is COc1cc(C)c(C(=O)Cc2cccc(C)c2)cc1C. The van der Waals surface area contributed by atoms with Crippen molar-refractivity contribution in [2.75, 3.05) is 7.11 Å². The molecule has 0 aromatic heterocycles. The Kier molecular flexibility index (Phi) is 4.23. The Morgan fingerprint density at radius 1 is 1.05 bits per heavy atom. The summed E-state index contributed by atoms with van der Waals surface area (Å²) in [7, 11) is 1.65. The van der Waals surface area contributed by atoms with Gasteiger partial charge in [-0.3, -0.25) is 4.79 Å². The van der Waals surface area contributed by atoms with Crippen LogP contribution in [0.25, 0.3) is 0 Å². The van der Waals surface area contributed by atoms with Crippen LogP contribution in [-0.2, 0) is 6.42 Å². The lowest BCUT2D eigenvalue weighted by Crippen LogP contribution is -2.07. The number of hydrogen-bond acceptors (Lipinski definition) is 2. The Morgan fingerprint density at radius 2 is 1.80 bits per heavy atom. The fourth-order valence-electron chi connectivity index (χ4n) is 2.41. The lowest BCUT2D eigenvalue weighted by Gasteiger charge is -2.11. The van der Waals surface area contributed by atoms with Gasteiger partial charge in [0.05, 0.1) is 7.11 Å². The van der Waals surface area contributed by atoms with Crippen LogP contribution in [0.1, 0.15) is 32.6 Å². The molecule has 2 heteroatoms. The molecule has 20 heavy (non-hydrogen) atoms. The molecule has 0 atom stereocenters. The molecule has 2 rings (SSSR count). The summed E-state index contributed by atoms with van der Waals surface area (Å²) >= 11 is 0. The van der Waals surface area contributed by atoms with Crippen LogP contribution >= 0.6 is 0 Å². The summed E-state index contributed by atoms with van der Waals surface area (Å²) in [5.41, 5.74) is 4.97. The predicted molar refractivity (Wildman–Crippen MR) is 81.7 cm³/mol. The Bertz CT molecular complexity index is 642. The standard InChI is InChI=1S/C18H20O2/c1-12-6-5-7-15(8-12)11-17(19)16-9-14(3)18(20-4)10-13(16)2/h5-10H,11H2,1-4H3. The molecule has 2 aromatic rings. The van der Waals surface area contributed by atoms with E-state index in [2.05, 4.69) is 6.07 Å². The molecular weight excluding hydrogens is 248 g/mol. The number of rotatable bonds is 4. The summed E-state index contributed by atoms with van der Waals surface area (Å²) < 4.78 is 5.28. The minimum absolute atomic E-state index is 0.152. The monoisotopic (exact) mass is 268 g/mol.